The van der Waals surface area contributed by atoms with Crippen molar-refractivity contribution in [2.75, 3.05) is 19.7 Å². The highest BCUT2D eigenvalue weighted by Gasteiger charge is 2.17. The fourth-order valence-corrected chi connectivity index (χ4v) is 3.56. The van der Waals surface area contributed by atoms with Crippen LogP contribution >= 0.6 is 0 Å². The highest BCUT2D eigenvalue weighted by atomic mass is 16.6. The van der Waals surface area contributed by atoms with Gasteiger partial charge >= 0.3 is 6.09 Å². The van der Waals surface area contributed by atoms with E-state index in [0.717, 1.165) is 11.3 Å². The zero-order chi connectivity index (χ0) is 18.9. The van der Waals surface area contributed by atoms with Crippen LogP contribution < -0.4 is 4.74 Å². The van der Waals surface area contributed by atoms with Crippen LogP contribution in [-0.2, 0) is 11.3 Å². The molecule has 2 aromatic rings. The van der Waals surface area contributed by atoms with E-state index in [4.69, 9.17) is 9.47 Å². The number of rotatable bonds is 8. The summed E-state index contributed by atoms with van der Waals surface area (Å²) in [5, 5.41) is 0. The van der Waals surface area contributed by atoms with Crippen molar-refractivity contribution < 1.29 is 14.3 Å². The number of amides is 1. The van der Waals surface area contributed by atoms with Gasteiger partial charge in [-0.3, -0.25) is 0 Å². The van der Waals surface area contributed by atoms with Crippen LogP contribution in [0.15, 0.2) is 54.6 Å². The molecule has 0 N–H and O–H groups in total. The number of nitrogens with zero attached hydrogens (tertiary/aromatic N) is 1. The molecule has 0 atom stereocenters. The van der Waals surface area contributed by atoms with Crippen LogP contribution in [0.3, 0.4) is 0 Å². The summed E-state index contributed by atoms with van der Waals surface area (Å²) in [5.41, 5.74) is 2.40. The van der Waals surface area contributed by atoms with Gasteiger partial charge in [0, 0.05) is 6.54 Å². The predicted molar refractivity (Wildman–Crippen MR) is 107 cm³/mol. The van der Waals surface area contributed by atoms with Crippen LogP contribution in [0.5, 0.6) is 5.75 Å². The molecule has 1 amide bonds. The molecule has 0 spiro atoms. The molecule has 144 valence electrons. The van der Waals surface area contributed by atoms with Crippen molar-refractivity contribution in [3.8, 4) is 5.75 Å². The van der Waals surface area contributed by atoms with Crippen molar-refractivity contribution in [2.45, 2.75) is 45.1 Å². The molecule has 1 saturated carbocycles. The van der Waals surface area contributed by atoms with Gasteiger partial charge in [0.05, 0.1) is 6.54 Å². The second kappa shape index (κ2) is 10.0. The van der Waals surface area contributed by atoms with E-state index in [-0.39, 0.29) is 6.09 Å². The Labute approximate surface area is 162 Å². The Morgan fingerprint density at radius 1 is 1.04 bits per heavy atom. The molecule has 2 aromatic carbocycles. The molecule has 0 unspecified atom stereocenters. The summed E-state index contributed by atoms with van der Waals surface area (Å²) < 4.78 is 11.2. The van der Waals surface area contributed by atoms with Crippen molar-refractivity contribution in [1.29, 1.82) is 0 Å². The Balaban J connectivity index is 1.41. The van der Waals surface area contributed by atoms with E-state index in [1.165, 1.54) is 31.2 Å². The molecule has 0 saturated heterocycles. The predicted octanol–water partition coefficient (Wildman–Crippen LogP) is 5.38. The zero-order valence-corrected chi connectivity index (χ0v) is 16.1. The molecule has 3 rings (SSSR count). The van der Waals surface area contributed by atoms with Crippen molar-refractivity contribution in [3.05, 3.63) is 65.7 Å². The number of hydrogen-bond donors (Lipinski definition) is 0. The summed E-state index contributed by atoms with van der Waals surface area (Å²) in [6.07, 6.45) is 4.99. The average Bonchev–Trinajstić information content (AvgIpc) is 3.25. The molecule has 1 aliphatic rings. The van der Waals surface area contributed by atoms with Crippen molar-refractivity contribution >= 4 is 6.09 Å². The van der Waals surface area contributed by atoms with Gasteiger partial charge in [-0.05, 0) is 48.9 Å². The minimum absolute atomic E-state index is 0.291. The number of hydrogen-bond acceptors (Lipinski definition) is 3. The third kappa shape index (κ3) is 5.75. The normalized spacial score (nSPS) is 14.1. The molecule has 0 aromatic heterocycles. The standard InChI is InChI=1S/C23H29NO3/c1-2-24(23(25)27-18-19-8-4-3-5-9-19)16-17-26-22-14-12-21(13-15-22)20-10-6-7-11-20/h3-5,8-9,12-15,20H,2,6-7,10-11,16-18H2,1H3. The average molecular weight is 367 g/mol. The van der Waals surface area contributed by atoms with Gasteiger partial charge in [0.2, 0.25) is 0 Å². The molecule has 4 nitrogen and oxygen atoms in total. The van der Waals surface area contributed by atoms with E-state index in [1.54, 1.807) is 4.90 Å². The highest BCUT2D eigenvalue weighted by molar-refractivity contribution is 5.67. The van der Waals surface area contributed by atoms with Crippen LogP contribution in [0.4, 0.5) is 4.79 Å². The second-order valence-corrected chi connectivity index (χ2v) is 7.02. The molecule has 1 fully saturated rings. The summed E-state index contributed by atoms with van der Waals surface area (Å²) in [7, 11) is 0. The summed E-state index contributed by atoms with van der Waals surface area (Å²) in [6, 6.07) is 18.1. The highest BCUT2D eigenvalue weighted by Crippen LogP contribution is 2.34. The molecule has 0 radical (unpaired) electrons. The van der Waals surface area contributed by atoms with E-state index in [0.29, 0.717) is 32.2 Å². The smallest absolute Gasteiger partial charge is 0.410 e. The lowest BCUT2D eigenvalue weighted by molar-refractivity contribution is 0.0923. The Morgan fingerprint density at radius 3 is 2.41 bits per heavy atom. The largest absolute Gasteiger partial charge is 0.492 e. The van der Waals surface area contributed by atoms with Gasteiger partial charge in [0.25, 0.3) is 0 Å². The van der Waals surface area contributed by atoms with Gasteiger partial charge in [0.15, 0.2) is 0 Å². The van der Waals surface area contributed by atoms with E-state index in [2.05, 4.69) is 12.1 Å². The fourth-order valence-electron chi connectivity index (χ4n) is 3.56. The summed E-state index contributed by atoms with van der Waals surface area (Å²) in [5.74, 6) is 1.57. The second-order valence-electron chi connectivity index (χ2n) is 7.02. The minimum atomic E-state index is -0.304. The maximum absolute atomic E-state index is 12.2. The van der Waals surface area contributed by atoms with Crippen LogP contribution in [-0.4, -0.2) is 30.7 Å². The first kappa shape index (κ1) is 19.3. The van der Waals surface area contributed by atoms with Gasteiger partial charge in [0.1, 0.15) is 19.0 Å². The van der Waals surface area contributed by atoms with Gasteiger partial charge in [-0.25, -0.2) is 4.79 Å². The van der Waals surface area contributed by atoms with Crippen molar-refractivity contribution in [1.82, 2.24) is 4.90 Å². The Kier molecular flexibility index (Phi) is 7.14. The Morgan fingerprint density at radius 2 is 1.74 bits per heavy atom. The summed E-state index contributed by atoms with van der Waals surface area (Å²) in [6.45, 7) is 3.79. The minimum Gasteiger partial charge on any atom is -0.492 e. The van der Waals surface area contributed by atoms with Gasteiger partial charge in [-0.1, -0.05) is 55.3 Å². The molecular weight excluding hydrogens is 338 g/mol. The van der Waals surface area contributed by atoms with E-state index < -0.39 is 0 Å². The van der Waals surface area contributed by atoms with Crippen LogP contribution in [0, 0.1) is 0 Å². The topological polar surface area (TPSA) is 38.8 Å². The number of benzene rings is 2. The van der Waals surface area contributed by atoms with E-state index in [1.807, 2.05) is 49.4 Å². The van der Waals surface area contributed by atoms with Crippen LogP contribution in [0.1, 0.15) is 49.7 Å². The number of likely N-dealkylation sites (N-methyl/N-ethyl adjacent to an activating group) is 1. The monoisotopic (exact) mass is 367 g/mol. The van der Waals surface area contributed by atoms with E-state index >= 15 is 0 Å². The number of ether oxygens (including phenoxy) is 2. The molecule has 0 heterocycles. The third-order valence-electron chi connectivity index (χ3n) is 5.18. The molecule has 1 aliphatic carbocycles. The van der Waals surface area contributed by atoms with Crippen LogP contribution in [0.25, 0.3) is 0 Å². The third-order valence-corrected chi connectivity index (χ3v) is 5.18. The molecular formula is C23H29NO3. The van der Waals surface area contributed by atoms with Crippen molar-refractivity contribution in [2.24, 2.45) is 0 Å². The van der Waals surface area contributed by atoms with E-state index in [9.17, 15) is 4.79 Å². The number of carbonyl (C=O) groups is 1. The lowest BCUT2D eigenvalue weighted by Gasteiger charge is -2.20. The maximum atomic E-state index is 12.2. The molecule has 0 bridgehead atoms. The maximum Gasteiger partial charge on any atom is 0.410 e. The lowest BCUT2D eigenvalue weighted by atomic mass is 9.98. The Hall–Kier alpha value is -2.49. The van der Waals surface area contributed by atoms with Gasteiger partial charge < -0.3 is 14.4 Å². The summed E-state index contributed by atoms with van der Waals surface area (Å²) >= 11 is 0. The first-order chi connectivity index (χ1) is 13.3. The molecule has 4 heteroatoms. The van der Waals surface area contributed by atoms with Crippen molar-refractivity contribution in [3.63, 3.8) is 0 Å². The zero-order valence-electron chi connectivity index (χ0n) is 16.1. The van der Waals surface area contributed by atoms with Crippen LogP contribution in [0.2, 0.25) is 0 Å². The summed E-state index contributed by atoms with van der Waals surface area (Å²) in [4.78, 5) is 13.9. The molecule has 27 heavy (non-hydrogen) atoms. The molecule has 0 aliphatic heterocycles. The van der Waals surface area contributed by atoms with Gasteiger partial charge in [-0.2, -0.15) is 0 Å². The SMILES string of the molecule is CCN(CCOc1ccc(C2CCCC2)cc1)C(=O)OCc1ccccc1. The quantitative estimate of drug-likeness (QED) is 0.628. The first-order valence-corrected chi connectivity index (χ1v) is 9.94. The lowest BCUT2D eigenvalue weighted by Crippen LogP contribution is -2.34. The number of carbonyl (C=O) groups excluding carboxylic acids is 1. The first-order valence-electron chi connectivity index (χ1n) is 9.94. The fraction of sp³-hybridized carbons (Fsp3) is 0.435. The Bertz CT molecular complexity index is 693. The van der Waals surface area contributed by atoms with Gasteiger partial charge in [-0.15, -0.1) is 0 Å².